The van der Waals surface area contributed by atoms with Gasteiger partial charge in [-0.2, -0.15) is 0 Å². The topological polar surface area (TPSA) is 49.9 Å². The molecule has 1 aliphatic rings. The Morgan fingerprint density at radius 3 is 2.44 bits per heavy atom. The van der Waals surface area contributed by atoms with Crippen LogP contribution in [0.25, 0.3) is 10.9 Å². The van der Waals surface area contributed by atoms with Gasteiger partial charge < -0.3 is 4.98 Å². The molecule has 3 nitrogen and oxygen atoms in total. The molecule has 0 aliphatic heterocycles. The smallest absolute Gasteiger partial charge is 0.151 e. The van der Waals surface area contributed by atoms with Crippen LogP contribution in [0.15, 0.2) is 48.7 Å². The van der Waals surface area contributed by atoms with Crippen molar-refractivity contribution in [1.29, 1.82) is 0 Å². The molecule has 0 radical (unpaired) electrons. The van der Waals surface area contributed by atoms with Gasteiger partial charge in [0.15, 0.2) is 9.84 Å². The molecule has 3 aromatic rings. The molecule has 1 N–H and O–H groups in total. The standard InChI is InChI=1S/C22H24ClNO2S/c1-3-22(16-7-8-16,17-9-11-18(23)12-10-17)20-13-24-21-15(14-27(2,25)26)5-4-6-19(20)21/h4-6,9-13,16,24H,3,7-8,14H2,1-2H3. The first-order valence-corrected chi connectivity index (χ1v) is 11.8. The lowest BCUT2D eigenvalue weighted by molar-refractivity contribution is 0.435. The fourth-order valence-corrected chi connectivity index (χ4v) is 5.54. The number of para-hydroxylation sites is 1. The summed E-state index contributed by atoms with van der Waals surface area (Å²) in [6.07, 6.45) is 6.79. The lowest BCUT2D eigenvalue weighted by Crippen LogP contribution is -2.29. The van der Waals surface area contributed by atoms with Gasteiger partial charge >= 0.3 is 0 Å². The minimum absolute atomic E-state index is 0.0494. The summed E-state index contributed by atoms with van der Waals surface area (Å²) in [6, 6.07) is 14.2. The lowest BCUT2D eigenvalue weighted by atomic mass is 9.68. The van der Waals surface area contributed by atoms with Crippen molar-refractivity contribution >= 4 is 32.3 Å². The van der Waals surface area contributed by atoms with E-state index in [4.69, 9.17) is 11.6 Å². The van der Waals surface area contributed by atoms with Crippen LogP contribution in [-0.4, -0.2) is 19.7 Å². The second-order valence-corrected chi connectivity index (χ2v) is 10.3. The van der Waals surface area contributed by atoms with E-state index in [-0.39, 0.29) is 11.2 Å². The molecule has 27 heavy (non-hydrogen) atoms. The van der Waals surface area contributed by atoms with Gasteiger partial charge in [-0.05, 0) is 54.0 Å². The minimum atomic E-state index is -3.10. The Bertz CT molecular complexity index is 1080. The summed E-state index contributed by atoms with van der Waals surface area (Å²) in [5, 5.41) is 1.87. The maximum atomic E-state index is 11.8. The summed E-state index contributed by atoms with van der Waals surface area (Å²) in [5.41, 5.74) is 4.24. The van der Waals surface area contributed by atoms with Crippen molar-refractivity contribution in [1.82, 2.24) is 4.98 Å². The van der Waals surface area contributed by atoms with Crippen LogP contribution < -0.4 is 0 Å². The molecular formula is C22H24ClNO2S. The number of rotatable bonds is 6. The van der Waals surface area contributed by atoms with Crippen molar-refractivity contribution in [3.63, 3.8) is 0 Å². The molecule has 1 saturated carbocycles. The van der Waals surface area contributed by atoms with Gasteiger partial charge in [0, 0.05) is 33.8 Å². The van der Waals surface area contributed by atoms with E-state index in [0.717, 1.165) is 27.9 Å². The van der Waals surface area contributed by atoms with E-state index in [2.05, 4.69) is 36.3 Å². The first-order chi connectivity index (χ1) is 12.8. The molecule has 2 aromatic carbocycles. The molecule has 1 unspecified atom stereocenters. The Kier molecular flexibility index (Phi) is 4.59. The zero-order valence-corrected chi connectivity index (χ0v) is 17.2. The number of fused-ring (bicyclic) bond motifs is 1. The number of hydrogen-bond acceptors (Lipinski definition) is 2. The molecule has 0 saturated heterocycles. The van der Waals surface area contributed by atoms with Crippen LogP contribution in [0.4, 0.5) is 0 Å². The molecule has 1 fully saturated rings. The van der Waals surface area contributed by atoms with Crippen LogP contribution in [0.2, 0.25) is 5.02 Å². The van der Waals surface area contributed by atoms with Crippen molar-refractivity contribution < 1.29 is 8.42 Å². The van der Waals surface area contributed by atoms with Crippen LogP contribution >= 0.6 is 11.6 Å². The molecule has 1 aromatic heterocycles. The summed E-state index contributed by atoms with van der Waals surface area (Å²) in [7, 11) is -3.10. The third kappa shape index (κ3) is 3.30. The van der Waals surface area contributed by atoms with Gasteiger partial charge in [-0.3, -0.25) is 0 Å². The van der Waals surface area contributed by atoms with Gasteiger partial charge in [-0.15, -0.1) is 0 Å². The largest absolute Gasteiger partial charge is 0.361 e. The number of nitrogens with one attached hydrogen (secondary N) is 1. The zero-order valence-electron chi connectivity index (χ0n) is 15.6. The highest BCUT2D eigenvalue weighted by molar-refractivity contribution is 7.89. The van der Waals surface area contributed by atoms with E-state index in [1.165, 1.54) is 30.2 Å². The van der Waals surface area contributed by atoms with E-state index >= 15 is 0 Å². The number of H-pyrrole nitrogens is 1. The van der Waals surface area contributed by atoms with Crippen LogP contribution in [0, 0.1) is 5.92 Å². The first-order valence-electron chi connectivity index (χ1n) is 9.38. The average molecular weight is 402 g/mol. The molecule has 1 aliphatic carbocycles. The molecule has 5 heteroatoms. The zero-order chi connectivity index (χ0) is 19.2. The molecule has 4 rings (SSSR count). The quantitative estimate of drug-likeness (QED) is 0.595. The second-order valence-electron chi connectivity index (χ2n) is 7.72. The summed E-state index contributed by atoms with van der Waals surface area (Å²) in [4.78, 5) is 3.39. The van der Waals surface area contributed by atoms with Crippen molar-refractivity contribution in [2.24, 2.45) is 5.92 Å². The third-order valence-electron chi connectivity index (χ3n) is 5.89. The fraction of sp³-hybridized carbons (Fsp3) is 0.364. The SMILES string of the molecule is CCC(c1ccc(Cl)cc1)(c1c[nH]c2c(CS(C)(=O)=O)cccc12)C1CC1. The number of aromatic nitrogens is 1. The number of aromatic amines is 1. The highest BCUT2D eigenvalue weighted by Gasteiger charge is 2.47. The van der Waals surface area contributed by atoms with Gasteiger partial charge in [0.25, 0.3) is 0 Å². The molecule has 0 bridgehead atoms. The van der Waals surface area contributed by atoms with Crippen molar-refractivity contribution in [2.45, 2.75) is 37.4 Å². The molecule has 142 valence electrons. The Labute approximate surface area is 165 Å². The van der Waals surface area contributed by atoms with Gasteiger partial charge in [0.05, 0.1) is 5.75 Å². The van der Waals surface area contributed by atoms with Crippen molar-refractivity contribution in [3.05, 3.63) is 70.4 Å². The van der Waals surface area contributed by atoms with E-state index in [9.17, 15) is 8.42 Å². The number of halogens is 1. The van der Waals surface area contributed by atoms with Gasteiger partial charge in [0.2, 0.25) is 0 Å². The Balaban J connectivity index is 1.93. The third-order valence-corrected chi connectivity index (χ3v) is 6.98. The molecule has 0 spiro atoms. The van der Waals surface area contributed by atoms with E-state index in [1.54, 1.807) is 0 Å². The average Bonchev–Trinajstić information content (AvgIpc) is 3.37. The normalized spacial score (nSPS) is 17.1. The van der Waals surface area contributed by atoms with Crippen molar-refractivity contribution in [2.75, 3.05) is 6.26 Å². The predicted molar refractivity (Wildman–Crippen MR) is 112 cm³/mol. The summed E-state index contributed by atoms with van der Waals surface area (Å²) in [6.45, 7) is 2.24. The Hall–Kier alpha value is -1.78. The van der Waals surface area contributed by atoms with Gasteiger partial charge in [-0.25, -0.2) is 8.42 Å². The highest BCUT2D eigenvalue weighted by atomic mass is 35.5. The molecule has 1 heterocycles. The van der Waals surface area contributed by atoms with Crippen LogP contribution in [0.5, 0.6) is 0 Å². The summed E-state index contributed by atoms with van der Waals surface area (Å²) >= 11 is 6.14. The number of sulfone groups is 1. The van der Waals surface area contributed by atoms with Crippen molar-refractivity contribution in [3.8, 4) is 0 Å². The Morgan fingerprint density at radius 1 is 1.15 bits per heavy atom. The van der Waals surface area contributed by atoms with Gasteiger partial charge in [0.1, 0.15) is 0 Å². The monoisotopic (exact) mass is 401 g/mol. The molecule has 1 atom stereocenters. The fourth-order valence-electron chi connectivity index (χ4n) is 4.61. The number of benzene rings is 2. The molecular weight excluding hydrogens is 378 g/mol. The van der Waals surface area contributed by atoms with E-state index < -0.39 is 9.84 Å². The van der Waals surface area contributed by atoms with Crippen LogP contribution in [0.3, 0.4) is 0 Å². The van der Waals surface area contributed by atoms with E-state index in [1.807, 2.05) is 24.3 Å². The highest BCUT2D eigenvalue weighted by Crippen LogP contribution is 2.55. The minimum Gasteiger partial charge on any atom is -0.361 e. The number of hydrogen-bond donors (Lipinski definition) is 1. The molecule has 0 amide bonds. The Morgan fingerprint density at radius 2 is 1.85 bits per heavy atom. The second kappa shape index (κ2) is 6.68. The predicted octanol–water partition coefficient (Wildman–Crippen LogP) is 5.47. The van der Waals surface area contributed by atoms with Gasteiger partial charge in [-0.1, -0.05) is 48.9 Å². The lowest BCUT2D eigenvalue weighted by Gasteiger charge is -2.34. The van der Waals surface area contributed by atoms with E-state index in [0.29, 0.717) is 5.92 Å². The maximum absolute atomic E-state index is 11.8. The summed E-state index contributed by atoms with van der Waals surface area (Å²) in [5.74, 6) is 0.648. The summed E-state index contributed by atoms with van der Waals surface area (Å²) < 4.78 is 23.7. The maximum Gasteiger partial charge on any atom is 0.151 e. The van der Waals surface area contributed by atoms with Crippen LogP contribution in [-0.2, 0) is 21.0 Å². The van der Waals surface area contributed by atoms with Crippen LogP contribution in [0.1, 0.15) is 42.9 Å². The first kappa shape index (κ1) is 18.6.